The molecule has 0 spiro atoms. The molecule has 2 aliphatic rings. The first-order valence-corrected chi connectivity index (χ1v) is 6.33. The molecule has 1 aromatic carbocycles. The fraction of sp³-hybridized carbons (Fsp3) is 0.385. The van der Waals surface area contributed by atoms with E-state index in [1.54, 1.807) is 18.2 Å². The molecule has 1 aromatic rings. The van der Waals surface area contributed by atoms with Crippen LogP contribution in [0.2, 0.25) is 5.02 Å². The predicted molar refractivity (Wildman–Crippen MR) is 67.3 cm³/mol. The lowest BCUT2D eigenvalue weighted by molar-refractivity contribution is -0.149. The SMILES string of the molecule is COc1ccc(Cl)cc1C(=O)N1C[C@@H]2C[C@H]1C(=O)O2. The van der Waals surface area contributed by atoms with Crippen LogP contribution >= 0.6 is 11.6 Å². The summed E-state index contributed by atoms with van der Waals surface area (Å²) in [5.74, 6) is -0.125. The number of morpholine rings is 1. The molecule has 1 amide bonds. The number of rotatable bonds is 2. The first-order valence-electron chi connectivity index (χ1n) is 5.95. The van der Waals surface area contributed by atoms with Crippen molar-refractivity contribution in [1.29, 1.82) is 0 Å². The average molecular weight is 282 g/mol. The second-order valence-corrected chi connectivity index (χ2v) is 5.05. The van der Waals surface area contributed by atoms with Crippen molar-refractivity contribution in [2.45, 2.75) is 18.6 Å². The van der Waals surface area contributed by atoms with Gasteiger partial charge >= 0.3 is 5.97 Å². The normalized spacial score (nSPS) is 24.5. The topological polar surface area (TPSA) is 55.8 Å². The Morgan fingerprint density at radius 2 is 2.32 bits per heavy atom. The second-order valence-electron chi connectivity index (χ2n) is 4.61. The number of esters is 1. The summed E-state index contributed by atoms with van der Waals surface area (Å²) >= 11 is 5.91. The number of carbonyl (C=O) groups excluding carboxylic acids is 2. The van der Waals surface area contributed by atoms with Crippen LogP contribution in [0.15, 0.2) is 18.2 Å². The van der Waals surface area contributed by atoms with Crippen molar-refractivity contribution in [3.63, 3.8) is 0 Å². The quantitative estimate of drug-likeness (QED) is 0.771. The number of hydrogen-bond acceptors (Lipinski definition) is 4. The molecular formula is C13H12ClNO4. The van der Waals surface area contributed by atoms with Gasteiger partial charge in [0.05, 0.1) is 19.2 Å². The van der Waals surface area contributed by atoms with Gasteiger partial charge < -0.3 is 14.4 Å². The molecule has 2 saturated heterocycles. The zero-order valence-electron chi connectivity index (χ0n) is 10.3. The van der Waals surface area contributed by atoms with E-state index in [-0.39, 0.29) is 18.0 Å². The Bertz CT molecular complexity index is 560. The average Bonchev–Trinajstić information content (AvgIpc) is 2.96. The summed E-state index contributed by atoms with van der Waals surface area (Å²) in [6.07, 6.45) is 0.402. The van der Waals surface area contributed by atoms with Crippen molar-refractivity contribution < 1.29 is 19.1 Å². The number of likely N-dealkylation sites (tertiary alicyclic amines) is 1. The van der Waals surface area contributed by atoms with E-state index in [4.69, 9.17) is 21.1 Å². The highest BCUT2D eigenvalue weighted by Crippen LogP contribution is 2.32. The van der Waals surface area contributed by atoms with Crippen LogP contribution in [-0.4, -0.2) is 42.6 Å². The minimum Gasteiger partial charge on any atom is -0.496 e. The maximum Gasteiger partial charge on any atom is 0.329 e. The molecule has 0 aromatic heterocycles. The Labute approximate surface area is 115 Å². The highest BCUT2D eigenvalue weighted by atomic mass is 35.5. The van der Waals surface area contributed by atoms with Crippen molar-refractivity contribution in [2.75, 3.05) is 13.7 Å². The summed E-state index contributed by atoms with van der Waals surface area (Å²) in [6, 6.07) is 4.38. The van der Waals surface area contributed by atoms with Crippen LogP contribution in [0.3, 0.4) is 0 Å². The monoisotopic (exact) mass is 281 g/mol. The molecule has 100 valence electrons. The third-order valence-corrected chi connectivity index (χ3v) is 3.71. The lowest BCUT2D eigenvalue weighted by Gasteiger charge is -2.26. The van der Waals surface area contributed by atoms with Gasteiger partial charge in [0, 0.05) is 11.4 Å². The van der Waals surface area contributed by atoms with E-state index in [1.807, 2.05) is 0 Å². The highest BCUT2D eigenvalue weighted by Gasteiger charge is 2.48. The van der Waals surface area contributed by atoms with Gasteiger partial charge in [0.1, 0.15) is 17.9 Å². The fourth-order valence-corrected chi connectivity index (χ4v) is 2.75. The molecule has 2 fully saturated rings. The molecule has 19 heavy (non-hydrogen) atoms. The summed E-state index contributed by atoms with van der Waals surface area (Å²) in [6.45, 7) is 0.435. The molecule has 3 rings (SSSR count). The summed E-state index contributed by atoms with van der Waals surface area (Å²) < 4.78 is 10.2. The third kappa shape index (κ3) is 1.94. The fourth-order valence-electron chi connectivity index (χ4n) is 2.58. The molecule has 0 unspecified atom stereocenters. The Morgan fingerprint density at radius 1 is 1.53 bits per heavy atom. The molecule has 2 bridgehead atoms. The van der Waals surface area contributed by atoms with Crippen molar-refractivity contribution in [3.8, 4) is 5.75 Å². The van der Waals surface area contributed by atoms with Gasteiger partial charge in [-0.3, -0.25) is 4.79 Å². The van der Waals surface area contributed by atoms with Gasteiger partial charge in [-0.1, -0.05) is 11.6 Å². The maximum atomic E-state index is 12.5. The number of nitrogens with zero attached hydrogens (tertiary/aromatic N) is 1. The first-order chi connectivity index (χ1) is 9.10. The second kappa shape index (κ2) is 4.42. The first kappa shape index (κ1) is 12.3. The molecule has 2 aliphatic heterocycles. The van der Waals surface area contributed by atoms with Gasteiger partial charge in [0.2, 0.25) is 0 Å². The largest absolute Gasteiger partial charge is 0.496 e. The van der Waals surface area contributed by atoms with Crippen LogP contribution in [0.4, 0.5) is 0 Å². The lowest BCUT2D eigenvalue weighted by Crippen LogP contribution is -2.44. The number of fused-ring (bicyclic) bond motifs is 2. The van der Waals surface area contributed by atoms with Gasteiger partial charge in [-0.15, -0.1) is 0 Å². The van der Waals surface area contributed by atoms with E-state index in [0.717, 1.165) is 0 Å². The Kier molecular flexibility index (Phi) is 2.86. The van der Waals surface area contributed by atoms with E-state index < -0.39 is 6.04 Å². The summed E-state index contributed by atoms with van der Waals surface area (Å²) in [5, 5.41) is 0.455. The van der Waals surface area contributed by atoms with Crippen molar-refractivity contribution in [2.24, 2.45) is 0 Å². The number of halogens is 1. The van der Waals surface area contributed by atoms with Gasteiger partial charge in [0.25, 0.3) is 5.91 Å². The zero-order valence-corrected chi connectivity index (χ0v) is 11.0. The molecule has 0 N–H and O–H groups in total. The van der Waals surface area contributed by atoms with Crippen LogP contribution in [0.1, 0.15) is 16.8 Å². The summed E-state index contributed by atoms with van der Waals surface area (Å²) in [4.78, 5) is 25.6. The molecule has 0 aliphatic carbocycles. The van der Waals surface area contributed by atoms with Crippen molar-refractivity contribution in [3.05, 3.63) is 28.8 Å². The maximum absolute atomic E-state index is 12.5. The molecular weight excluding hydrogens is 270 g/mol. The molecule has 0 radical (unpaired) electrons. The molecule has 5 nitrogen and oxygen atoms in total. The smallest absolute Gasteiger partial charge is 0.329 e. The van der Waals surface area contributed by atoms with Crippen molar-refractivity contribution in [1.82, 2.24) is 4.90 Å². The standard InChI is InChI=1S/C13H12ClNO4/c1-18-11-3-2-7(14)4-9(11)12(16)15-6-8-5-10(15)13(17)19-8/h2-4,8,10H,5-6H2,1H3/t8-,10-/m0/s1. The third-order valence-electron chi connectivity index (χ3n) is 3.47. The summed E-state index contributed by atoms with van der Waals surface area (Å²) in [7, 11) is 1.49. The zero-order chi connectivity index (χ0) is 13.6. The minimum atomic E-state index is -0.471. The molecule has 2 atom stereocenters. The molecule has 0 saturated carbocycles. The molecule has 2 heterocycles. The van der Waals surface area contributed by atoms with E-state index in [9.17, 15) is 9.59 Å². The van der Waals surface area contributed by atoms with Gasteiger partial charge in [-0.25, -0.2) is 4.79 Å². The van der Waals surface area contributed by atoms with E-state index in [1.165, 1.54) is 12.0 Å². The van der Waals surface area contributed by atoms with E-state index >= 15 is 0 Å². The van der Waals surface area contributed by atoms with Crippen LogP contribution < -0.4 is 4.74 Å². The highest BCUT2D eigenvalue weighted by molar-refractivity contribution is 6.31. The van der Waals surface area contributed by atoms with Crippen LogP contribution in [0.5, 0.6) is 5.75 Å². The number of carbonyl (C=O) groups is 2. The predicted octanol–water partition coefficient (Wildman–Crippen LogP) is 1.49. The number of hydrogen-bond donors (Lipinski definition) is 0. The summed E-state index contributed by atoms with van der Waals surface area (Å²) in [5.41, 5.74) is 0.371. The Morgan fingerprint density at radius 3 is 2.95 bits per heavy atom. The number of methoxy groups -OCH3 is 1. The van der Waals surface area contributed by atoms with E-state index in [0.29, 0.717) is 29.3 Å². The van der Waals surface area contributed by atoms with Gasteiger partial charge in [0.15, 0.2) is 0 Å². The van der Waals surface area contributed by atoms with Gasteiger partial charge in [-0.2, -0.15) is 0 Å². The number of amides is 1. The Hall–Kier alpha value is -1.75. The van der Waals surface area contributed by atoms with E-state index in [2.05, 4.69) is 0 Å². The van der Waals surface area contributed by atoms with Crippen LogP contribution in [0, 0.1) is 0 Å². The van der Waals surface area contributed by atoms with Crippen LogP contribution in [-0.2, 0) is 9.53 Å². The van der Waals surface area contributed by atoms with Gasteiger partial charge in [-0.05, 0) is 18.2 Å². The Balaban J connectivity index is 1.92. The lowest BCUT2D eigenvalue weighted by atomic mass is 10.1. The van der Waals surface area contributed by atoms with Crippen LogP contribution in [0.25, 0.3) is 0 Å². The number of ether oxygens (including phenoxy) is 2. The number of benzene rings is 1. The molecule has 6 heteroatoms. The minimum absolute atomic E-state index is 0.174. The van der Waals surface area contributed by atoms with Crippen molar-refractivity contribution >= 4 is 23.5 Å².